The fraction of sp³-hybridized carbons (Fsp3) is 0.900. The van der Waals surface area contributed by atoms with Gasteiger partial charge >= 0.3 is 0 Å². The molecule has 12 heavy (non-hydrogen) atoms. The van der Waals surface area contributed by atoms with Crippen molar-refractivity contribution in [1.29, 1.82) is 0 Å². The Balaban J connectivity index is 0. The van der Waals surface area contributed by atoms with E-state index < -0.39 is 0 Å². The smallest absolute Gasteiger partial charge is 0.106 e. The molecular weight excluding hydrogens is 150 g/mol. The Labute approximate surface area is 77.0 Å². The summed E-state index contributed by atoms with van der Waals surface area (Å²) in [5, 5.41) is 0. The van der Waals surface area contributed by atoms with Gasteiger partial charge in [0.25, 0.3) is 0 Å². The number of nitrogens with zero attached hydrogens (tertiary/aromatic N) is 1. The number of carbonyl (C=O) groups is 1. The molecule has 1 saturated heterocycles. The molecule has 0 aliphatic carbocycles. The Kier molecular flexibility index (Phi) is 12.6. The van der Waals surface area contributed by atoms with Crippen molar-refractivity contribution in [3.63, 3.8) is 0 Å². The van der Waals surface area contributed by atoms with Crippen molar-refractivity contribution in [2.75, 3.05) is 20.1 Å². The van der Waals surface area contributed by atoms with Gasteiger partial charge in [-0.15, -0.1) is 0 Å². The molecule has 0 bridgehead atoms. The Morgan fingerprint density at radius 1 is 1.33 bits per heavy atom. The minimum atomic E-state index is 0.939. The summed E-state index contributed by atoms with van der Waals surface area (Å²) in [5.74, 6) is 0.939. The van der Waals surface area contributed by atoms with Gasteiger partial charge < -0.3 is 9.69 Å². The van der Waals surface area contributed by atoms with E-state index >= 15 is 0 Å². The van der Waals surface area contributed by atoms with E-state index in [-0.39, 0.29) is 0 Å². The second kappa shape index (κ2) is 10.6. The van der Waals surface area contributed by atoms with Gasteiger partial charge in [0.1, 0.15) is 6.79 Å². The van der Waals surface area contributed by atoms with Crippen LogP contribution in [0.5, 0.6) is 0 Å². The first-order valence-corrected chi connectivity index (χ1v) is 4.76. The van der Waals surface area contributed by atoms with Gasteiger partial charge in [0, 0.05) is 6.54 Å². The van der Waals surface area contributed by atoms with Crippen LogP contribution in [0.25, 0.3) is 0 Å². The monoisotopic (exact) mass is 173 g/mol. The molecule has 0 amide bonds. The van der Waals surface area contributed by atoms with Gasteiger partial charge in [-0.3, -0.25) is 0 Å². The molecule has 1 heterocycles. The maximum atomic E-state index is 8.00. The van der Waals surface area contributed by atoms with Crippen molar-refractivity contribution in [2.45, 2.75) is 33.6 Å². The maximum Gasteiger partial charge on any atom is 0.106 e. The van der Waals surface area contributed by atoms with Gasteiger partial charge in [-0.25, -0.2) is 0 Å². The van der Waals surface area contributed by atoms with E-state index in [1.54, 1.807) is 0 Å². The van der Waals surface area contributed by atoms with Crippen LogP contribution in [-0.4, -0.2) is 31.8 Å². The molecule has 0 aromatic rings. The molecule has 74 valence electrons. The predicted octanol–water partition coefficient (Wildman–Crippen LogP) is 2.19. The molecule has 1 fully saturated rings. The summed E-state index contributed by atoms with van der Waals surface area (Å²) in [5.41, 5.74) is 0. The minimum absolute atomic E-state index is 0.939. The van der Waals surface area contributed by atoms with Gasteiger partial charge in [0.2, 0.25) is 0 Å². The number of piperidine rings is 1. The summed E-state index contributed by atoms with van der Waals surface area (Å²) in [4.78, 5) is 10.4. The SMILES string of the molecule is C=O.CC.CC1CCCN(C)C1. The zero-order chi connectivity index (χ0) is 9.98. The summed E-state index contributed by atoms with van der Waals surface area (Å²) < 4.78 is 0. The zero-order valence-corrected chi connectivity index (χ0v) is 8.97. The molecule has 0 radical (unpaired) electrons. The topological polar surface area (TPSA) is 20.3 Å². The Bertz CT molecular complexity index is 77.9. The highest BCUT2D eigenvalue weighted by Crippen LogP contribution is 2.12. The first kappa shape index (κ1) is 14.2. The van der Waals surface area contributed by atoms with Gasteiger partial charge in [0.15, 0.2) is 0 Å². The van der Waals surface area contributed by atoms with E-state index in [4.69, 9.17) is 4.79 Å². The second-order valence-electron chi connectivity index (χ2n) is 3.01. The largest absolute Gasteiger partial charge is 0.307 e. The standard InChI is InChI=1S/C7H15N.C2H6.CH2O/c1-7-4-3-5-8(2)6-7;2*1-2/h7H,3-6H2,1-2H3;1-2H3;1H2. The third-order valence-electron chi connectivity index (χ3n) is 1.86. The van der Waals surface area contributed by atoms with E-state index in [0.29, 0.717) is 0 Å². The molecule has 0 aromatic carbocycles. The lowest BCUT2D eigenvalue weighted by Gasteiger charge is -2.26. The molecule has 1 unspecified atom stereocenters. The number of likely N-dealkylation sites (tertiary alicyclic amines) is 1. The van der Waals surface area contributed by atoms with E-state index in [1.807, 2.05) is 20.6 Å². The molecule has 1 rings (SSSR count). The minimum Gasteiger partial charge on any atom is -0.307 e. The molecule has 2 heteroatoms. The molecule has 0 N–H and O–H groups in total. The first-order valence-electron chi connectivity index (χ1n) is 4.76. The summed E-state index contributed by atoms with van der Waals surface area (Å²) in [7, 11) is 2.20. The number of hydrogen-bond donors (Lipinski definition) is 0. The van der Waals surface area contributed by atoms with E-state index in [1.165, 1.54) is 25.9 Å². The highest BCUT2D eigenvalue weighted by atomic mass is 16.1. The molecule has 1 aliphatic rings. The third-order valence-corrected chi connectivity index (χ3v) is 1.86. The number of rotatable bonds is 0. The van der Waals surface area contributed by atoms with Crippen molar-refractivity contribution >= 4 is 6.79 Å². The molecule has 0 aromatic heterocycles. The van der Waals surface area contributed by atoms with E-state index in [0.717, 1.165) is 5.92 Å². The fourth-order valence-electron chi connectivity index (χ4n) is 1.42. The van der Waals surface area contributed by atoms with Crippen molar-refractivity contribution in [3.05, 3.63) is 0 Å². The van der Waals surface area contributed by atoms with Crippen LogP contribution in [0.4, 0.5) is 0 Å². The van der Waals surface area contributed by atoms with Crippen LogP contribution in [-0.2, 0) is 4.79 Å². The van der Waals surface area contributed by atoms with Crippen LogP contribution in [0.1, 0.15) is 33.6 Å². The molecule has 1 atom stereocenters. The molecule has 0 spiro atoms. The molecule has 0 saturated carbocycles. The third kappa shape index (κ3) is 7.73. The highest BCUT2D eigenvalue weighted by molar-refractivity contribution is 5.10. The van der Waals surface area contributed by atoms with Gasteiger partial charge in [-0.05, 0) is 32.4 Å². The summed E-state index contributed by atoms with van der Waals surface area (Å²) in [6.45, 7) is 10.9. The lowest BCUT2D eigenvalue weighted by atomic mass is 10.0. The molecule has 2 nitrogen and oxygen atoms in total. The van der Waals surface area contributed by atoms with Crippen molar-refractivity contribution < 1.29 is 4.79 Å². The van der Waals surface area contributed by atoms with E-state index in [9.17, 15) is 0 Å². The highest BCUT2D eigenvalue weighted by Gasteiger charge is 2.11. The van der Waals surface area contributed by atoms with Gasteiger partial charge in [-0.2, -0.15) is 0 Å². The molecule has 1 aliphatic heterocycles. The van der Waals surface area contributed by atoms with Crippen LogP contribution in [0.2, 0.25) is 0 Å². The zero-order valence-electron chi connectivity index (χ0n) is 8.97. The molecular formula is C10H23NO. The van der Waals surface area contributed by atoms with Crippen LogP contribution >= 0.6 is 0 Å². The van der Waals surface area contributed by atoms with Crippen LogP contribution in [0.3, 0.4) is 0 Å². The van der Waals surface area contributed by atoms with Crippen molar-refractivity contribution in [3.8, 4) is 0 Å². The Morgan fingerprint density at radius 3 is 2.08 bits per heavy atom. The number of carbonyl (C=O) groups excluding carboxylic acids is 1. The lowest BCUT2D eigenvalue weighted by Crippen LogP contribution is -2.30. The fourth-order valence-corrected chi connectivity index (χ4v) is 1.42. The first-order chi connectivity index (χ1) is 5.79. The van der Waals surface area contributed by atoms with Crippen LogP contribution in [0.15, 0.2) is 0 Å². The Hall–Kier alpha value is -0.370. The summed E-state index contributed by atoms with van der Waals surface area (Å²) in [6, 6.07) is 0. The summed E-state index contributed by atoms with van der Waals surface area (Å²) in [6.07, 6.45) is 2.84. The average Bonchev–Trinajstić information content (AvgIpc) is 2.11. The Morgan fingerprint density at radius 2 is 1.83 bits per heavy atom. The van der Waals surface area contributed by atoms with Crippen molar-refractivity contribution in [1.82, 2.24) is 4.90 Å². The lowest BCUT2D eigenvalue weighted by molar-refractivity contribution is -0.0979. The average molecular weight is 173 g/mol. The normalized spacial score (nSPS) is 22.8. The quantitative estimate of drug-likeness (QED) is 0.559. The van der Waals surface area contributed by atoms with Crippen molar-refractivity contribution in [2.24, 2.45) is 5.92 Å². The summed E-state index contributed by atoms with van der Waals surface area (Å²) >= 11 is 0. The predicted molar refractivity (Wildman–Crippen MR) is 54.4 cm³/mol. The van der Waals surface area contributed by atoms with Gasteiger partial charge in [0.05, 0.1) is 0 Å². The maximum absolute atomic E-state index is 8.00. The van der Waals surface area contributed by atoms with Gasteiger partial charge in [-0.1, -0.05) is 20.8 Å². The van der Waals surface area contributed by atoms with E-state index in [2.05, 4.69) is 18.9 Å². The number of hydrogen-bond acceptors (Lipinski definition) is 2. The van der Waals surface area contributed by atoms with Crippen LogP contribution < -0.4 is 0 Å². The second-order valence-corrected chi connectivity index (χ2v) is 3.01. The van der Waals surface area contributed by atoms with Crippen LogP contribution in [0, 0.1) is 5.92 Å².